The van der Waals surface area contributed by atoms with Gasteiger partial charge in [0.2, 0.25) is 10.0 Å². The summed E-state index contributed by atoms with van der Waals surface area (Å²) in [5.74, 6) is -0.633. The maximum Gasteiger partial charge on any atom is 0.264 e. The summed E-state index contributed by atoms with van der Waals surface area (Å²) in [4.78, 5) is 17.0. The molecule has 9 heteroatoms. The summed E-state index contributed by atoms with van der Waals surface area (Å²) in [7, 11) is -3.51. The van der Waals surface area contributed by atoms with Crippen molar-refractivity contribution >= 4 is 27.3 Å². The molecule has 1 aromatic heterocycles. The first-order valence-corrected chi connectivity index (χ1v) is 11.2. The summed E-state index contributed by atoms with van der Waals surface area (Å²) in [6, 6.07) is 9.29. The minimum atomic E-state index is -3.51. The Labute approximate surface area is 162 Å². The highest BCUT2D eigenvalue weighted by Crippen LogP contribution is 2.13. The number of sulfonamides is 1. The number of rotatable bonds is 7. The summed E-state index contributed by atoms with van der Waals surface area (Å²) in [6.07, 6.45) is 0. The van der Waals surface area contributed by atoms with Gasteiger partial charge in [-0.05, 0) is 29.1 Å². The molecule has 1 aliphatic rings. The maximum absolute atomic E-state index is 13.2. The zero-order valence-corrected chi connectivity index (χ0v) is 16.4. The van der Waals surface area contributed by atoms with Gasteiger partial charge in [-0.1, -0.05) is 18.2 Å². The molecule has 1 fully saturated rings. The molecule has 1 aliphatic heterocycles. The van der Waals surface area contributed by atoms with Crippen LogP contribution >= 0.6 is 11.3 Å². The molecule has 1 aromatic carbocycles. The van der Waals surface area contributed by atoms with Crippen LogP contribution in [0.5, 0.6) is 0 Å². The lowest BCUT2D eigenvalue weighted by Gasteiger charge is -2.34. The molecular weight excluding hydrogens is 389 g/mol. The van der Waals surface area contributed by atoms with Gasteiger partial charge in [0.15, 0.2) is 0 Å². The van der Waals surface area contributed by atoms with Crippen LogP contribution in [0.15, 0.2) is 41.8 Å². The number of hydrogen-bond acceptors (Lipinski definition) is 5. The van der Waals surface area contributed by atoms with Gasteiger partial charge in [0.05, 0.1) is 10.6 Å². The van der Waals surface area contributed by atoms with Gasteiger partial charge in [0.1, 0.15) is 5.82 Å². The number of nitrogens with zero attached hydrogens (tertiary/aromatic N) is 2. The van der Waals surface area contributed by atoms with E-state index in [1.807, 2.05) is 22.4 Å². The fraction of sp³-hybridized carbons (Fsp3) is 0.389. The number of piperazine rings is 1. The summed E-state index contributed by atoms with van der Waals surface area (Å²) in [5.41, 5.74) is 0.420. The highest BCUT2D eigenvalue weighted by molar-refractivity contribution is 7.88. The largest absolute Gasteiger partial charge is 0.335 e. The van der Waals surface area contributed by atoms with Gasteiger partial charge in [-0.25, -0.2) is 17.5 Å². The zero-order chi connectivity index (χ0) is 19.3. The van der Waals surface area contributed by atoms with E-state index in [1.165, 1.54) is 29.5 Å². The Morgan fingerprint density at radius 2 is 1.93 bits per heavy atom. The Hall–Kier alpha value is -1.81. The van der Waals surface area contributed by atoms with Gasteiger partial charge in [0.25, 0.3) is 5.91 Å². The fourth-order valence-electron chi connectivity index (χ4n) is 2.99. The summed E-state index contributed by atoms with van der Waals surface area (Å²) >= 11 is 1.44. The van der Waals surface area contributed by atoms with Crippen LogP contribution in [0.1, 0.15) is 15.2 Å². The van der Waals surface area contributed by atoms with Gasteiger partial charge in [-0.3, -0.25) is 9.69 Å². The summed E-state index contributed by atoms with van der Waals surface area (Å²) < 4.78 is 40.0. The predicted molar refractivity (Wildman–Crippen MR) is 104 cm³/mol. The first-order chi connectivity index (χ1) is 12.9. The van der Waals surface area contributed by atoms with Crippen LogP contribution in [0, 0.1) is 5.82 Å². The van der Waals surface area contributed by atoms with Crippen LogP contribution in [0.4, 0.5) is 4.39 Å². The topological polar surface area (TPSA) is 69.7 Å². The van der Waals surface area contributed by atoms with Crippen LogP contribution in [0.25, 0.3) is 0 Å². The van der Waals surface area contributed by atoms with E-state index in [4.69, 9.17) is 0 Å². The molecule has 1 N–H and O–H groups in total. The van der Waals surface area contributed by atoms with E-state index in [0.717, 1.165) is 4.88 Å². The Morgan fingerprint density at radius 3 is 2.59 bits per heavy atom. The lowest BCUT2D eigenvalue weighted by Crippen LogP contribution is -2.50. The van der Waals surface area contributed by atoms with Crippen molar-refractivity contribution in [1.29, 1.82) is 0 Å². The summed E-state index contributed by atoms with van der Waals surface area (Å²) in [5, 5.41) is 1.89. The van der Waals surface area contributed by atoms with E-state index < -0.39 is 15.8 Å². The second-order valence-electron chi connectivity index (χ2n) is 6.39. The Morgan fingerprint density at radius 1 is 1.15 bits per heavy atom. The number of halogens is 1. The van der Waals surface area contributed by atoms with Crippen LogP contribution in [-0.2, 0) is 15.8 Å². The molecule has 146 valence electrons. The molecular formula is C18H22FN3O3S2. The second kappa shape index (κ2) is 8.92. The molecule has 0 atom stereocenters. The number of amides is 1. The lowest BCUT2D eigenvalue weighted by molar-refractivity contribution is 0.0645. The molecule has 1 saturated heterocycles. The smallest absolute Gasteiger partial charge is 0.264 e. The molecule has 2 heterocycles. The van der Waals surface area contributed by atoms with Crippen LogP contribution in [0.2, 0.25) is 0 Å². The van der Waals surface area contributed by atoms with Crippen molar-refractivity contribution in [3.63, 3.8) is 0 Å². The predicted octanol–water partition coefficient (Wildman–Crippen LogP) is 1.76. The van der Waals surface area contributed by atoms with E-state index in [1.54, 1.807) is 6.07 Å². The number of thiophene rings is 1. The van der Waals surface area contributed by atoms with Crippen LogP contribution in [0.3, 0.4) is 0 Å². The third kappa shape index (κ3) is 5.83. The van der Waals surface area contributed by atoms with Crippen LogP contribution in [-0.4, -0.2) is 63.4 Å². The average molecular weight is 412 g/mol. The molecule has 0 radical (unpaired) electrons. The van der Waals surface area contributed by atoms with Gasteiger partial charge in [0, 0.05) is 39.3 Å². The molecule has 2 aromatic rings. The van der Waals surface area contributed by atoms with Crippen molar-refractivity contribution in [2.45, 2.75) is 5.75 Å². The van der Waals surface area contributed by atoms with Crippen molar-refractivity contribution in [1.82, 2.24) is 14.5 Å². The third-order valence-corrected chi connectivity index (χ3v) is 6.60. The van der Waals surface area contributed by atoms with Gasteiger partial charge >= 0.3 is 0 Å². The summed E-state index contributed by atoms with van der Waals surface area (Å²) in [6.45, 7) is 3.55. The monoisotopic (exact) mass is 411 g/mol. The fourth-order valence-corrected chi connectivity index (χ4v) is 4.80. The van der Waals surface area contributed by atoms with E-state index in [0.29, 0.717) is 38.3 Å². The molecule has 0 saturated carbocycles. The lowest BCUT2D eigenvalue weighted by atomic mass is 10.2. The van der Waals surface area contributed by atoms with Crippen LogP contribution < -0.4 is 4.72 Å². The SMILES string of the molecule is O=C(c1cccs1)N1CCN(CCNS(=O)(=O)Cc2cccc(F)c2)CC1. The molecule has 3 rings (SSSR count). The molecule has 0 aliphatic carbocycles. The molecule has 6 nitrogen and oxygen atoms in total. The van der Waals surface area contributed by atoms with E-state index in [-0.39, 0.29) is 18.2 Å². The highest BCUT2D eigenvalue weighted by atomic mass is 32.2. The molecule has 27 heavy (non-hydrogen) atoms. The van der Waals surface area contributed by atoms with E-state index in [9.17, 15) is 17.6 Å². The van der Waals surface area contributed by atoms with Crippen molar-refractivity contribution < 1.29 is 17.6 Å². The Kier molecular flexibility index (Phi) is 6.59. The van der Waals surface area contributed by atoms with Gasteiger partial charge in [-0.2, -0.15) is 0 Å². The van der Waals surface area contributed by atoms with Gasteiger partial charge in [-0.15, -0.1) is 11.3 Å². The first-order valence-electron chi connectivity index (χ1n) is 8.70. The zero-order valence-electron chi connectivity index (χ0n) is 14.8. The van der Waals surface area contributed by atoms with Crippen molar-refractivity contribution in [2.24, 2.45) is 0 Å². The van der Waals surface area contributed by atoms with Gasteiger partial charge < -0.3 is 4.90 Å². The van der Waals surface area contributed by atoms with Crippen molar-refractivity contribution in [3.05, 3.63) is 58.0 Å². The normalized spacial score (nSPS) is 15.8. The first kappa shape index (κ1) is 19.9. The molecule has 1 amide bonds. The second-order valence-corrected chi connectivity index (χ2v) is 9.15. The number of carbonyl (C=O) groups excluding carboxylic acids is 1. The Balaban J connectivity index is 1.40. The minimum Gasteiger partial charge on any atom is -0.335 e. The molecule has 0 unspecified atom stereocenters. The van der Waals surface area contributed by atoms with Crippen molar-refractivity contribution in [3.8, 4) is 0 Å². The standard InChI is InChI=1S/C18H22FN3O3S2/c19-16-4-1-3-15(13-16)14-27(24,25)20-6-7-21-8-10-22(11-9-21)18(23)17-5-2-12-26-17/h1-5,12-13,20H,6-11,14H2. The van der Waals surface area contributed by atoms with E-state index >= 15 is 0 Å². The molecule has 0 spiro atoms. The average Bonchev–Trinajstić information content (AvgIpc) is 3.16. The Bertz CT molecular complexity index is 864. The maximum atomic E-state index is 13.2. The third-order valence-electron chi connectivity index (χ3n) is 4.39. The highest BCUT2D eigenvalue weighted by Gasteiger charge is 2.22. The number of nitrogens with one attached hydrogen (secondary N) is 1. The number of benzene rings is 1. The van der Waals surface area contributed by atoms with E-state index in [2.05, 4.69) is 9.62 Å². The minimum absolute atomic E-state index is 0.0560. The van der Waals surface area contributed by atoms with Crippen molar-refractivity contribution in [2.75, 3.05) is 39.3 Å². The quantitative estimate of drug-likeness (QED) is 0.754. The molecule has 0 bridgehead atoms. The number of carbonyl (C=O) groups is 1. The number of hydrogen-bond donors (Lipinski definition) is 1.